The summed E-state index contributed by atoms with van der Waals surface area (Å²) in [6, 6.07) is 1.85. The first kappa shape index (κ1) is 13.3. The summed E-state index contributed by atoms with van der Waals surface area (Å²) in [5.41, 5.74) is 0.316. The first-order chi connectivity index (χ1) is 8.72. The standard InChI is InChI=1S/C14H21NO3/c1-3-18-12-8-11(9-15-10-12)13(16)14(17-2)6-4-5-7-14/h8-10,13,16H,3-7H2,1-2H3. The van der Waals surface area contributed by atoms with Crippen molar-refractivity contribution in [1.82, 2.24) is 4.98 Å². The quantitative estimate of drug-likeness (QED) is 0.873. The number of rotatable bonds is 5. The Morgan fingerprint density at radius 2 is 2.11 bits per heavy atom. The van der Waals surface area contributed by atoms with E-state index in [1.54, 1.807) is 19.5 Å². The van der Waals surface area contributed by atoms with E-state index in [0.29, 0.717) is 12.4 Å². The second-order valence-electron chi connectivity index (χ2n) is 4.77. The highest BCUT2D eigenvalue weighted by molar-refractivity contribution is 5.27. The third-order valence-corrected chi connectivity index (χ3v) is 3.72. The number of nitrogens with zero attached hydrogens (tertiary/aromatic N) is 1. The predicted molar refractivity (Wildman–Crippen MR) is 68.6 cm³/mol. The van der Waals surface area contributed by atoms with Gasteiger partial charge in [0.05, 0.1) is 18.4 Å². The molecule has 1 unspecified atom stereocenters. The zero-order valence-corrected chi connectivity index (χ0v) is 11.1. The topological polar surface area (TPSA) is 51.6 Å². The van der Waals surface area contributed by atoms with Crippen LogP contribution in [0.4, 0.5) is 0 Å². The smallest absolute Gasteiger partial charge is 0.137 e. The van der Waals surface area contributed by atoms with E-state index in [4.69, 9.17) is 9.47 Å². The predicted octanol–water partition coefficient (Wildman–Crippen LogP) is 2.47. The van der Waals surface area contributed by atoms with Crippen molar-refractivity contribution < 1.29 is 14.6 Å². The fourth-order valence-electron chi connectivity index (χ4n) is 2.70. The summed E-state index contributed by atoms with van der Waals surface area (Å²) in [6.45, 7) is 2.52. The molecule has 0 bridgehead atoms. The summed E-state index contributed by atoms with van der Waals surface area (Å²) in [5.74, 6) is 0.693. The minimum absolute atomic E-state index is 0.452. The van der Waals surface area contributed by atoms with Gasteiger partial charge in [0, 0.05) is 18.9 Å². The fourth-order valence-corrected chi connectivity index (χ4v) is 2.70. The van der Waals surface area contributed by atoms with Gasteiger partial charge in [0.25, 0.3) is 0 Å². The molecule has 1 atom stereocenters. The molecule has 1 saturated carbocycles. The molecule has 1 fully saturated rings. The van der Waals surface area contributed by atoms with E-state index in [0.717, 1.165) is 31.2 Å². The highest BCUT2D eigenvalue weighted by atomic mass is 16.5. The van der Waals surface area contributed by atoms with Crippen molar-refractivity contribution in [2.24, 2.45) is 0 Å². The maximum absolute atomic E-state index is 10.5. The van der Waals surface area contributed by atoms with Crippen molar-refractivity contribution in [3.63, 3.8) is 0 Å². The lowest BCUT2D eigenvalue weighted by Gasteiger charge is -2.33. The molecule has 0 saturated heterocycles. The van der Waals surface area contributed by atoms with Crippen molar-refractivity contribution in [3.05, 3.63) is 24.0 Å². The lowest BCUT2D eigenvalue weighted by Crippen LogP contribution is -2.35. The van der Waals surface area contributed by atoms with Gasteiger partial charge in [-0.05, 0) is 25.8 Å². The molecule has 100 valence electrons. The van der Waals surface area contributed by atoms with Gasteiger partial charge in [-0.2, -0.15) is 0 Å². The first-order valence-electron chi connectivity index (χ1n) is 6.53. The van der Waals surface area contributed by atoms with Gasteiger partial charge < -0.3 is 14.6 Å². The van der Waals surface area contributed by atoms with Crippen molar-refractivity contribution >= 4 is 0 Å². The van der Waals surface area contributed by atoms with E-state index in [2.05, 4.69) is 4.98 Å². The molecule has 0 radical (unpaired) electrons. The van der Waals surface area contributed by atoms with Crippen LogP contribution in [0.15, 0.2) is 18.5 Å². The normalized spacial score (nSPS) is 19.7. The van der Waals surface area contributed by atoms with Crippen LogP contribution in [0.1, 0.15) is 44.3 Å². The average Bonchev–Trinajstić information content (AvgIpc) is 2.88. The maximum atomic E-state index is 10.5. The molecule has 0 aliphatic heterocycles. The van der Waals surface area contributed by atoms with E-state index in [9.17, 15) is 5.11 Å². The Morgan fingerprint density at radius 1 is 1.39 bits per heavy atom. The Bertz CT molecular complexity index is 388. The number of aliphatic hydroxyl groups excluding tert-OH is 1. The van der Waals surface area contributed by atoms with Gasteiger partial charge in [0.1, 0.15) is 11.9 Å². The number of methoxy groups -OCH3 is 1. The zero-order valence-electron chi connectivity index (χ0n) is 11.1. The summed E-state index contributed by atoms with van der Waals surface area (Å²) < 4.78 is 11.0. The third kappa shape index (κ3) is 2.49. The highest BCUT2D eigenvalue weighted by Crippen LogP contribution is 2.42. The minimum atomic E-state index is -0.641. The lowest BCUT2D eigenvalue weighted by atomic mass is 9.90. The molecule has 0 spiro atoms. The van der Waals surface area contributed by atoms with E-state index in [1.807, 2.05) is 13.0 Å². The molecule has 18 heavy (non-hydrogen) atoms. The second kappa shape index (κ2) is 5.67. The second-order valence-corrected chi connectivity index (χ2v) is 4.77. The van der Waals surface area contributed by atoms with Gasteiger partial charge in [-0.3, -0.25) is 4.98 Å². The van der Waals surface area contributed by atoms with Crippen molar-refractivity contribution in [3.8, 4) is 5.75 Å². The summed E-state index contributed by atoms with van der Waals surface area (Å²) in [5, 5.41) is 10.5. The first-order valence-corrected chi connectivity index (χ1v) is 6.53. The van der Waals surface area contributed by atoms with Gasteiger partial charge in [-0.25, -0.2) is 0 Å². The van der Waals surface area contributed by atoms with E-state index in [-0.39, 0.29) is 0 Å². The Morgan fingerprint density at radius 3 is 2.72 bits per heavy atom. The van der Waals surface area contributed by atoms with Crippen molar-refractivity contribution in [2.45, 2.75) is 44.3 Å². The molecule has 4 nitrogen and oxygen atoms in total. The van der Waals surface area contributed by atoms with E-state index in [1.165, 1.54) is 0 Å². The fraction of sp³-hybridized carbons (Fsp3) is 0.643. The van der Waals surface area contributed by atoms with E-state index < -0.39 is 11.7 Å². The van der Waals surface area contributed by atoms with Crippen LogP contribution in [0.3, 0.4) is 0 Å². The van der Waals surface area contributed by atoms with Crippen molar-refractivity contribution in [2.75, 3.05) is 13.7 Å². The third-order valence-electron chi connectivity index (χ3n) is 3.72. The molecular formula is C14H21NO3. The molecule has 1 heterocycles. The van der Waals surface area contributed by atoms with Gasteiger partial charge in [0.2, 0.25) is 0 Å². The number of pyridine rings is 1. The van der Waals surface area contributed by atoms with Crippen LogP contribution in [-0.4, -0.2) is 29.4 Å². The molecule has 1 aromatic heterocycles. The molecule has 1 aliphatic rings. The summed E-state index contributed by atoms with van der Waals surface area (Å²) in [7, 11) is 1.67. The summed E-state index contributed by atoms with van der Waals surface area (Å²) >= 11 is 0. The number of hydrogen-bond acceptors (Lipinski definition) is 4. The summed E-state index contributed by atoms with van der Waals surface area (Å²) in [4.78, 5) is 4.12. The Hall–Kier alpha value is -1.13. The SMILES string of the molecule is CCOc1cncc(C(O)C2(OC)CCCC2)c1. The molecule has 1 aliphatic carbocycles. The monoisotopic (exact) mass is 251 g/mol. The molecular weight excluding hydrogens is 230 g/mol. The van der Waals surface area contributed by atoms with Crippen LogP contribution < -0.4 is 4.74 Å². The zero-order chi connectivity index (χ0) is 13.0. The number of hydrogen-bond donors (Lipinski definition) is 1. The number of ether oxygens (including phenoxy) is 2. The lowest BCUT2D eigenvalue weighted by molar-refractivity contribution is -0.100. The van der Waals surface area contributed by atoms with Gasteiger partial charge in [-0.15, -0.1) is 0 Å². The molecule has 0 aromatic carbocycles. The van der Waals surface area contributed by atoms with E-state index >= 15 is 0 Å². The van der Waals surface area contributed by atoms with Crippen LogP contribution in [-0.2, 0) is 4.74 Å². The Kier molecular flexibility index (Phi) is 4.19. The number of aliphatic hydroxyl groups is 1. The van der Waals surface area contributed by atoms with Crippen molar-refractivity contribution in [1.29, 1.82) is 0 Å². The minimum Gasteiger partial charge on any atom is -0.492 e. The molecule has 1 N–H and O–H groups in total. The van der Waals surface area contributed by atoms with Crippen LogP contribution in [0, 0.1) is 0 Å². The molecule has 4 heteroatoms. The van der Waals surface area contributed by atoms with Gasteiger partial charge in [-0.1, -0.05) is 12.8 Å². The van der Waals surface area contributed by atoms with Gasteiger partial charge in [0.15, 0.2) is 0 Å². The molecule has 2 rings (SSSR count). The van der Waals surface area contributed by atoms with Crippen LogP contribution in [0.25, 0.3) is 0 Å². The Labute approximate surface area is 108 Å². The maximum Gasteiger partial charge on any atom is 0.137 e. The molecule has 1 aromatic rings. The van der Waals surface area contributed by atoms with Crippen LogP contribution in [0.2, 0.25) is 0 Å². The van der Waals surface area contributed by atoms with Gasteiger partial charge >= 0.3 is 0 Å². The average molecular weight is 251 g/mol. The Balaban J connectivity index is 2.21. The number of aromatic nitrogens is 1. The summed E-state index contributed by atoms with van der Waals surface area (Å²) in [6.07, 6.45) is 6.69. The largest absolute Gasteiger partial charge is 0.492 e. The van der Waals surface area contributed by atoms with Crippen LogP contribution >= 0.6 is 0 Å². The highest BCUT2D eigenvalue weighted by Gasteiger charge is 2.41. The van der Waals surface area contributed by atoms with Crippen LogP contribution in [0.5, 0.6) is 5.75 Å². The molecule has 0 amide bonds.